The van der Waals surface area contributed by atoms with Crippen molar-refractivity contribution in [3.05, 3.63) is 0 Å². The van der Waals surface area contributed by atoms with Gasteiger partial charge in [-0.3, -0.25) is 9.59 Å². The summed E-state index contributed by atoms with van der Waals surface area (Å²) in [6.07, 6.45) is 5.48. The fourth-order valence-corrected chi connectivity index (χ4v) is 5.63. The zero-order chi connectivity index (χ0) is 19.8. The molecule has 27 heavy (non-hydrogen) atoms. The molecule has 3 aliphatic carbocycles. The molecule has 0 bridgehead atoms. The number of fused-ring (bicyclic) bond motifs is 1. The SMILES string of the molecule is COCC(=O)N[C@H]1CC[C@]2(C)CC[C@@H]([C@H](C)C(=O)NC3CC3)[C@H](O)[C@H]2[C@@H]1C. The van der Waals surface area contributed by atoms with Crippen LogP contribution in [0.1, 0.15) is 59.3 Å². The molecule has 0 aromatic heterocycles. The van der Waals surface area contributed by atoms with Gasteiger partial charge in [0.15, 0.2) is 0 Å². The van der Waals surface area contributed by atoms with Gasteiger partial charge in [0, 0.05) is 25.1 Å². The third-order valence-electron chi connectivity index (χ3n) is 7.49. The summed E-state index contributed by atoms with van der Waals surface area (Å²) in [6, 6.07) is 0.398. The number of hydrogen-bond acceptors (Lipinski definition) is 4. The summed E-state index contributed by atoms with van der Waals surface area (Å²) in [5.41, 5.74) is 0.0739. The monoisotopic (exact) mass is 380 g/mol. The lowest BCUT2D eigenvalue weighted by molar-refractivity contribution is -0.144. The van der Waals surface area contributed by atoms with E-state index in [1.807, 2.05) is 6.92 Å². The third-order valence-corrected chi connectivity index (χ3v) is 7.49. The van der Waals surface area contributed by atoms with Gasteiger partial charge in [-0.1, -0.05) is 20.8 Å². The molecule has 3 aliphatic rings. The summed E-state index contributed by atoms with van der Waals surface area (Å²) in [5, 5.41) is 17.5. The Kier molecular flexibility index (Phi) is 6.16. The number of hydrogen-bond donors (Lipinski definition) is 3. The maximum absolute atomic E-state index is 12.5. The standard InChI is InChI=1S/C21H36N2O4/c1-12(20(26)22-14-5-6-14)15-7-9-21(3)10-8-16(23-17(24)11-27-4)13(2)18(21)19(15)25/h12-16,18-19,25H,5-11H2,1-4H3,(H,22,26)(H,23,24)/t12-,13+,15-,16-,18+,19-,21-/m0/s1. The molecule has 0 aromatic carbocycles. The van der Waals surface area contributed by atoms with Crippen LogP contribution in [0.5, 0.6) is 0 Å². The van der Waals surface area contributed by atoms with Crippen molar-refractivity contribution in [2.45, 2.75) is 77.5 Å². The third kappa shape index (κ3) is 4.32. The van der Waals surface area contributed by atoms with Crippen molar-refractivity contribution >= 4 is 11.8 Å². The van der Waals surface area contributed by atoms with E-state index >= 15 is 0 Å². The minimum absolute atomic E-state index is 0.0160. The largest absolute Gasteiger partial charge is 0.392 e. The van der Waals surface area contributed by atoms with Crippen LogP contribution in [-0.2, 0) is 14.3 Å². The van der Waals surface area contributed by atoms with Gasteiger partial charge in [0.2, 0.25) is 11.8 Å². The first-order valence-corrected chi connectivity index (χ1v) is 10.5. The Hall–Kier alpha value is -1.14. The Labute approximate surface area is 162 Å². The van der Waals surface area contributed by atoms with E-state index in [0.717, 1.165) is 38.5 Å². The smallest absolute Gasteiger partial charge is 0.246 e. The highest BCUT2D eigenvalue weighted by atomic mass is 16.5. The summed E-state index contributed by atoms with van der Waals surface area (Å²) in [7, 11) is 1.52. The van der Waals surface area contributed by atoms with E-state index in [2.05, 4.69) is 24.5 Å². The Morgan fingerprint density at radius 1 is 1.19 bits per heavy atom. The minimum atomic E-state index is -0.513. The van der Waals surface area contributed by atoms with E-state index in [4.69, 9.17) is 4.74 Å². The molecule has 0 aromatic rings. The van der Waals surface area contributed by atoms with Crippen molar-refractivity contribution in [1.82, 2.24) is 10.6 Å². The van der Waals surface area contributed by atoms with Gasteiger partial charge in [-0.25, -0.2) is 0 Å². The Morgan fingerprint density at radius 2 is 1.85 bits per heavy atom. The molecular weight excluding hydrogens is 344 g/mol. The molecule has 0 saturated heterocycles. The van der Waals surface area contributed by atoms with Crippen molar-refractivity contribution in [3.63, 3.8) is 0 Å². The summed E-state index contributed by atoms with van der Waals surface area (Å²) >= 11 is 0. The molecular formula is C21H36N2O4. The molecule has 2 amide bonds. The first-order chi connectivity index (χ1) is 12.8. The van der Waals surface area contributed by atoms with Gasteiger partial charge >= 0.3 is 0 Å². The molecule has 7 atom stereocenters. The number of amides is 2. The Balaban J connectivity index is 1.70. The van der Waals surface area contributed by atoms with Crippen LogP contribution in [0.3, 0.4) is 0 Å². The van der Waals surface area contributed by atoms with Gasteiger partial charge < -0.3 is 20.5 Å². The number of aliphatic hydroxyl groups excluding tert-OH is 1. The molecule has 0 unspecified atom stereocenters. The molecule has 3 fully saturated rings. The summed E-state index contributed by atoms with van der Waals surface area (Å²) in [6.45, 7) is 6.43. The van der Waals surface area contributed by atoms with Crippen molar-refractivity contribution in [2.24, 2.45) is 29.1 Å². The molecule has 0 radical (unpaired) electrons. The predicted octanol–water partition coefficient (Wildman–Crippen LogP) is 1.86. The lowest BCUT2D eigenvalue weighted by Crippen LogP contribution is -2.58. The fraction of sp³-hybridized carbons (Fsp3) is 0.905. The molecule has 3 N–H and O–H groups in total. The van der Waals surface area contributed by atoms with Crippen molar-refractivity contribution in [1.29, 1.82) is 0 Å². The number of methoxy groups -OCH3 is 1. The van der Waals surface area contributed by atoms with E-state index in [1.165, 1.54) is 7.11 Å². The van der Waals surface area contributed by atoms with Gasteiger partial charge in [0.1, 0.15) is 6.61 Å². The van der Waals surface area contributed by atoms with Crippen LogP contribution in [0.2, 0.25) is 0 Å². The first-order valence-electron chi connectivity index (χ1n) is 10.5. The second-order valence-corrected chi connectivity index (χ2v) is 9.45. The van der Waals surface area contributed by atoms with Crippen LogP contribution in [0.25, 0.3) is 0 Å². The van der Waals surface area contributed by atoms with Crippen LogP contribution < -0.4 is 10.6 Å². The maximum Gasteiger partial charge on any atom is 0.246 e. The summed E-state index contributed by atoms with van der Waals surface area (Å²) in [4.78, 5) is 24.5. The molecule has 6 heteroatoms. The number of nitrogens with one attached hydrogen (secondary N) is 2. The number of carbonyl (C=O) groups is 2. The van der Waals surface area contributed by atoms with Gasteiger partial charge in [-0.2, -0.15) is 0 Å². The summed E-state index contributed by atoms with van der Waals surface area (Å²) in [5.74, 6) is 0.0455. The molecule has 0 aliphatic heterocycles. The van der Waals surface area contributed by atoms with Gasteiger partial charge in [-0.05, 0) is 61.7 Å². The highest BCUT2D eigenvalue weighted by molar-refractivity contribution is 5.79. The van der Waals surface area contributed by atoms with E-state index in [0.29, 0.717) is 6.04 Å². The normalized spacial score (nSPS) is 40.0. The molecule has 0 spiro atoms. The van der Waals surface area contributed by atoms with E-state index in [9.17, 15) is 14.7 Å². The first kappa shape index (κ1) is 20.6. The second-order valence-electron chi connectivity index (χ2n) is 9.45. The lowest BCUT2D eigenvalue weighted by Gasteiger charge is -2.56. The molecule has 6 nitrogen and oxygen atoms in total. The highest BCUT2D eigenvalue weighted by Crippen LogP contribution is 2.55. The fourth-order valence-electron chi connectivity index (χ4n) is 5.63. The Morgan fingerprint density at radius 3 is 2.48 bits per heavy atom. The van der Waals surface area contributed by atoms with Crippen LogP contribution in [0.15, 0.2) is 0 Å². The van der Waals surface area contributed by atoms with Gasteiger partial charge in [-0.15, -0.1) is 0 Å². The highest BCUT2D eigenvalue weighted by Gasteiger charge is 2.54. The van der Waals surface area contributed by atoms with E-state index < -0.39 is 6.10 Å². The second kappa shape index (κ2) is 8.08. The molecule has 3 rings (SSSR count). The average Bonchev–Trinajstić information content (AvgIpc) is 3.41. The van der Waals surface area contributed by atoms with Gasteiger partial charge in [0.25, 0.3) is 0 Å². The maximum atomic E-state index is 12.5. The number of carbonyl (C=O) groups excluding carboxylic acids is 2. The predicted molar refractivity (Wildman–Crippen MR) is 103 cm³/mol. The zero-order valence-corrected chi connectivity index (χ0v) is 17.2. The zero-order valence-electron chi connectivity index (χ0n) is 17.2. The van der Waals surface area contributed by atoms with Crippen molar-refractivity contribution in [3.8, 4) is 0 Å². The average molecular weight is 381 g/mol. The molecule has 154 valence electrons. The van der Waals surface area contributed by atoms with Crippen molar-refractivity contribution in [2.75, 3.05) is 13.7 Å². The molecule has 3 saturated carbocycles. The molecule has 0 heterocycles. The topological polar surface area (TPSA) is 87.7 Å². The van der Waals surface area contributed by atoms with Crippen molar-refractivity contribution < 1.29 is 19.4 Å². The lowest BCUT2D eigenvalue weighted by atomic mass is 9.51. The van der Waals surface area contributed by atoms with Gasteiger partial charge in [0.05, 0.1) is 6.10 Å². The van der Waals surface area contributed by atoms with E-state index in [-0.39, 0.29) is 53.5 Å². The number of ether oxygens (including phenoxy) is 1. The number of rotatable bonds is 6. The Bertz CT molecular complexity index is 564. The van der Waals surface area contributed by atoms with Crippen LogP contribution in [0, 0.1) is 29.1 Å². The van der Waals surface area contributed by atoms with Crippen LogP contribution in [-0.4, -0.2) is 48.8 Å². The minimum Gasteiger partial charge on any atom is -0.392 e. The summed E-state index contributed by atoms with van der Waals surface area (Å²) < 4.78 is 4.93. The van der Waals surface area contributed by atoms with Crippen LogP contribution >= 0.6 is 0 Å². The van der Waals surface area contributed by atoms with Crippen LogP contribution in [0.4, 0.5) is 0 Å². The number of aliphatic hydroxyl groups is 1. The van der Waals surface area contributed by atoms with E-state index in [1.54, 1.807) is 0 Å². The quantitative estimate of drug-likeness (QED) is 0.656.